The third kappa shape index (κ3) is 3.73. The molecule has 7 heteroatoms. The van der Waals surface area contributed by atoms with Gasteiger partial charge >= 0.3 is 5.97 Å². The molecule has 4 nitrogen and oxygen atoms in total. The fourth-order valence-corrected chi connectivity index (χ4v) is 2.41. The van der Waals surface area contributed by atoms with Crippen molar-refractivity contribution in [3.8, 4) is 0 Å². The number of benzene rings is 1. The summed E-state index contributed by atoms with van der Waals surface area (Å²) in [7, 11) is 0. The smallest absolute Gasteiger partial charge is 0.323 e. The first-order valence-electron chi connectivity index (χ1n) is 5.02. The summed E-state index contributed by atoms with van der Waals surface area (Å²) in [6.45, 7) is 1.65. The molecule has 0 fully saturated rings. The second-order valence-electron chi connectivity index (χ2n) is 3.46. The van der Waals surface area contributed by atoms with Crippen molar-refractivity contribution in [1.29, 1.82) is 0 Å². The van der Waals surface area contributed by atoms with Crippen molar-refractivity contribution in [2.75, 3.05) is 13.1 Å². The van der Waals surface area contributed by atoms with E-state index >= 15 is 0 Å². The molecule has 0 spiro atoms. The van der Waals surface area contributed by atoms with E-state index in [0.29, 0.717) is 25.7 Å². The molecule has 0 heterocycles. The van der Waals surface area contributed by atoms with Gasteiger partial charge in [-0.05, 0) is 41.6 Å². The first kappa shape index (κ1) is 15.5. The third-order valence-electron chi connectivity index (χ3n) is 2.22. The number of carbonyl (C=O) groups excluding carboxylic acids is 1. The highest BCUT2D eigenvalue weighted by molar-refractivity contribution is 14.1. The van der Waals surface area contributed by atoms with Crippen LogP contribution in [0.1, 0.15) is 17.3 Å². The van der Waals surface area contributed by atoms with E-state index < -0.39 is 11.9 Å². The fourth-order valence-electron chi connectivity index (χ4n) is 1.37. The molecule has 0 aliphatic carbocycles. The second-order valence-corrected chi connectivity index (χ2v) is 5.38. The normalized spacial score (nSPS) is 10.2. The summed E-state index contributed by atoms with van der Waals surface area (Å²) in [4.78, 5) is 24.1. The molecule has 1 aromatic rings. The van der Waals surface area contributed by atoms with Crippen molar-refractivity contribution in [2.24, 2.45) is 0 Å². The van der Waals surface area contributed by atoms with Crippen LogP contribution in [0.2, 0.25) is 10.0 Å². The molecule has 98 valence electrons. The Balaban J connectivity index is 3.12. The summed E-state index contributed by atoms with van der Waals surface area (Å²) >= 11 is 13.7. The molecule has 18 heavy (non-hydrogen) atoms. The Morgan fingerprint density at radius 1 is 1.39 bits per heavy atom. The first-order chi connectivity index (χ1) is 8.36. The van der Waals surface area contributed by atoms with Crippen LogP contribution in [0.5, 0.6) is 0 Å². The molecule has 1 rings (SSSR count). The molecule has 1 aromatic carbocycles. The minimum absolute atomic E-state index is 0.297. The van der Waals surface area contributed by atoms with Crippen LogP contribution in [0.4, 0.5) is 0 Å². The maximum Gasteiger partial charge on any atom is 0.323 e. The minimum Gasteiger partial charge on any atom is -0.480 e. The average Bonchev–Trinajstić information content (AvgIpc) is 2.29. The van der Waals surface area contributed by atoms with E-state index in [1.165, 1.54) is 17.0 Å². The standard InChI is InChI=1S/C11H10Cl2INO3/c1-2-15(5-9(16)17)11(18)7-3-6(12)4-8(13)10(7)14/h3-4H,2,5H2,1H3,(H,16,17). The van der Waals surface area contributed by atoms with Crippen LogP contribution in [0.3, 0.4) is 0 Å². The van der Waals surface area contributed by atoms with Crippen LogP contribution in [0.25, 0.3) is 0 Å². The zero-order valence-corrected chi connectivity index (χ0v) is 13.1. The molecule has 0 aliphatic rings. The highest BCUT2D eigenvalue weighted by atomic mass is 127. The molecular weight excluding hydrogens is 392 g/mol. The number of hydrogen-bond donors (Lipinski definition) is 1. The Bertz CT molecular complexity index is 493. The largest absolute Gasteiger partial charge is 0.480 e. The number of carboxylic acid groups (broad SMARTS) is 1. The number of likely N-dealkylation sites (N-methyl/N-ethyl adjacent to an activating group) is 1. The SMILES string of the molecule is CCN(CC(=O)O)C(=O)c1cc(Cl)cc(Cl)c1I. The molecule has 1 N–H and O–H groups in total. The van der Waals surface area contributed by atoms with Gasteiger partial charge in [-0.25, -0.2) is 0 Å². The van der Waals surface area contributed by atoms with Gasteiger partial charge < -0.3 is 10.0 Å². The van der Waals surface area contributed by atoms with Gasteiger partial charge in [0.1, 0.15) is 6.54 Å². The topological polar surface area (TPSA) is 57.6 Å². The molecule has 0 aliphatic heterocycles. The summed E-state index contributed by atoms with van der Waals surface area (Å²) < 4.78 is 0.563. The van der Waals surface area contributed by atoms with Crippen molar-refractivity contribution in [3.63, 3.8) is 0 Å². The quantitative estimate of drug-likeness (QED) is 0.622. The zero-order valence-electron chi connectivity index (χ0n) is 9.41. The Morgan fingerprint density at radius 2 is 2.00 bits per heavy atom. The minimum atomic E-state index is -1.06. The van der Waals surface area contributed by atoms with Crippen molar-refractivity contribution in [1.82, 2.24) is 4.90 Å². The number of carbonyl (C=O) groups is 2. The van der Waals surface area contributed by atoms with Crippen LogP contribution >= 0.6 is 45.8 Å². The lowest BCUT2D eigenvalue weighted by atomic mass is 10.2. The Hall–Kier alpha value is -0.530. The van der Waals surface area contributed by atoms with Crippen molar-refractivity contribution < 1.29 is 14.7 Å². The van der Waals surface area contributed by atoms with Crippen LogP contribution in [0, 0.1) is 3.57 Å². The Labute approximate surface area is 128 Å². The van der Waals surface area contributed by atoms with Gasteiger partial charge in [-0.15, -0.1) is 0 Å². The lowest BCUT2D eigenvalue weighted by Gasteiger charge is -2.19. The number of amides is 1. The molecular formula is C11H10Cl2INO3. The summed E-state index contributed by atoms with van der Waals surface area (Å²) in [6, 6.07) is 3.02. The van der Waals surface area contributed by atoms with Crippen LogP contribution in [-0.2, 0) is 4.79 Å². The third-order valence-corrected chi connectivity index (χ3v) is 4.22. The van der Waals surface area contributed by atoms with Gasteiger partial charge in [0, 0.05) is 15.1 Å². The van der Waals surface area contributed by atoms with Crippen molar-refractivity contribution in [3.05, 3.63) is 31.3 Å². The van der Waals surface area contributed by atoms with E-state index in [4.69, 9.17) is 28.3 Å². The number of aliphatic carboxylic acids is 1. The highest BCUT2D eigenvalue weighted by Gasteiger charge is 2.21. The summed E-state index contributed by atoms with van der Waals surface area (Å²) in [5.41, 5.74) is 0.316. The van der Waals surface area contributed by atoms with Crippen LogP contribution in [-0.4, -0.2) is 35.0 Å². The maximum atomic E-state index is 12.2. The zero-order chi connectivity index (χ0) is 13.9. The van der Waals surface area contributed by atoms with Gasteiger partial charge in [0.05, 0.1) is 10.6 Å². The predicted molar refractivity (Wildman–Crippen MR) is 78.4 cm³/mol. The highest BCUT2D eigenvalue weighted by Crippen LogP contribution is 2.27. The Morgan fingerprint density at radius 3 is 2.50 bits per heavy atom. The van der Waals surface area contributed by atoms with Gasteiger partial charge in [0.2, 0.25) is 0 Å². The van der Waals surface area contributed by atoms with E-state index in [0.717, 1.165) is 0 Å². The fraction of sp³-hybridized carbons (Fsp3) is 0.273. The number of carboxylic acids is 1. The average molecular weight is 402 g/mol. The molecule has 0 bridgehead atoms. The van der Waals surface area contributed by atoms with Crippen molar-refractivity contribution >= 4 is 57.7 Å². The van der Waals surface area contributed by atoms with E-state index in [9.17, 15) is 9.59 Å². The number of rotatable bonds is 4. The lowest BCUT2D eigenvalue weighted by Crippen LogP contribution is -2.35. The number of hydrogen-bond acceptors (Lipinski definition) is 2. The van der Waals surface area contributed by atoms with Gasteiger partial charge in [-0.1, -0.05) is 23.2 Å². The molecule has 0 atom stereocenters. The van der Waals surface area contributed by atoms with Crippen LogP contribution in [0.15, 0.2) is 12.1 Å². The molecule has 0 saturated heterocycles. The first-order valence-corrected chi connectivity index (χ1v) is 6.85. The van der Waals surface area contributed by atoms with E-state index in [1.54, 1.807) is 6.92 Å². The van der Waals surface area contributed by atoms with E-state index in [2.05, 4.69) is 0 Å². The second kappa shape index (κ2) is 6.58. The lowest BCUT2D eigenvalue weighted by molar-refractivity contribution is -0.137. The molecule has 0 aromatic heterocycles. The molecule has 0 unspecified atom stereocenters. The van der Waals surface area contributed by atoms with Gasteiger partial charge in [0.25, 0.3) is 5.91 Å². The molecule has 0 saturated carbocycles. The monoisotopic (exact) mass is 401 g/mol. The Kier molecular flexibility index (Phi) is 5.68. The van der Waals surface area contributed by atoms with Gasteiger partial charge in [-0.2, -0.15) is 0 Å². The van der Waals surface area contributed by atoms with E-state index in [-0.39, 0.29) is 6.54 Å². The number of halogens is 3. The summed E-state index contributed by atoms with van der Waals surface area (Å²) in [5, 5.41) is 9.46. The molecule has 1 amide bonds. The summed E-state index contributed by atoms with van der Waals surface area (Å²) in [5.74, 6) is -1.46. The predicted octanol–water partition coefficient (Wildman–Crippen LogP) is 3.14. The van der Waals surface area contributed by atoms with E-state index in [1.807, 2.05) is 22.6 Å². The van der Waals surface area contributed by atoms with Crippen LogP contribution < -0.4 is 0 Å². The van der Waals surface area contributed by atoms with Crippen molar-refractivity contribution in [2.45, 2.75) is 6.92 Å². The number of nitrogens with zero attached hydrogens (tertiary/aromatic N) is 1. The summed E-state index contributed by atoms with van der Waals surface area (Å²) in [6.07, 6.45) is 0. The maximum absolute atomic E-state index is 12.2. The van der Waals surface area contributed by atoms with Gasteiger partial charge in [0.15, 0.2) is 0 Å². The van der Waals surface area contributed by atoms with Gasteiger partial charge in [-0.3, -0.25) is 9.59 Å². The molecule has 0 radical (unpaired) electrons.